The van der Waals surface area contributed by atoms with Gasteiger partial charge in [0.25, 0.3) is 0 Å². The molecule has 0 aliphatic rings. The highest BCUT2D eigenvalue weighted by atomic mass is 35.5. The number of carbonyl (C=O) groups excluding carboxylic acids is 1. The van der Waals surface area contributed by atoms with Crippen molar-refractivity contribution in [2.45, 2.75) is 26.4 Å². The first-order valence-corrected chi connectivity index (χ1v) is 5.48. The molecule has 6 heteroatoms. The van der Waals surface area contributed by atoms with Crippen LogP contribution in [0.4, 0.5) is 4.79 Å². The van der Waals surface area contributed by atoms with E-state index in [0.717, 1.165) is 10.1 Å². The number of ether oxygens (including phenoxy) is 1. The molecule has 0 N–H and O–H groups in total. The SMILES string of the molecule is CC(C)(C)OC(=O)n1ncc2ccnc(Cl)c21. The number of aromatic nitrogens is 3. The van der Waals surface area contributed by atoms with Crippen molar-refractivity contribution in [1.29, 1.82) is 0 Å². The van der Waals surface area contributed by atoms with Gasteiger partial charge in [-0.1, -0.05) is 11.6 Å². The molecule has 2 aromatic rings. The van der Waals surface area contributed by atoms with Crippen molar-refractivity contribution in [3.05, 3.63) is 23.6 Å². The van der Waals surface area contributed by atoms with E-state index in [4.69, 9.17) is 16.3 Å². The molecule has 0 fully saturated rings. The standard InChI is InChI=1S/C11H12ClN3O2/c1-11(2,3)17-10(16)15-8-7(6-14-15)4-5-13-9(8)12/h4-6H,1-3H3. The van der Waals surface area contributed by atoms with Crippen LogP contribution in [-0.2, 0) is 4.74 Å². The van der Waals surface area contributed by atoms with Crippen molar-refractivity contribution in [3.63, 3.8) is 0 Å². The third-order valence-electron chi connectivity index (χ3n) is 2.00. The zero-order valence-electron chi connectivity index (χ0n) is 9.77. The molecule has 90 valence electrons. The lowest BCUT2D eigenvalue weighted by atomic mass is 10.2. The van der Waals surface area contributed by atoms with Gasteiger partial charge in [0.2, 0.25) is 0 Å². The smallest absolute Gasteiger partial charge is 0.435 e. The fourth-order valence-corrected chi connectivity index (χ4v) is 1.62. The Morgan fingerprint density at radius 2 is 2.18 bits per heavy atom. The van der Waals surface area contributed by atoms with Gasteiger partial charge < -0.3 is 4.74 Å². The van der Waals surface area contributed by atoms with Gasteiger partial charge in [-0.15, -0.1) is 0 Å². The van der Waals surface area contributed by atoms with Crippen molar-refractivity contribution in [2.75, 3.05) is 0 Å². The molecule has 17 heavy (non-hydrogen) atoms. The topological polar surface area (TPSA) is 57.0 Å². The van der Waals surface area contributed by atoms with Crippen molar-refractivity contribution < 1.29 is 9.53 Å². The highest BCUT2D eigenvalue weighted by Gasteiger charge is 2.21. The van der Waals surface area contributed by atoms with Crippen molar-refractivity contribution in [1.82, 2.24) is 14.8 Å². The van der Waals surface area contributed by atoms with Gasteiger partial charge in [0, 0.05) is 11.6 Å². The number of fused-ring (bicyclic) bond motifs is 1. The Hall–Kier alpha value is -1.62. The lowest BCUT2D eigenvalue weighted by molar-refractivity contribution is 0.0522. The molecule has 0 bridgehead atoms. The van der Waals surface area contributed by atoms with Crippen LogP contribution in [0.2, 0.25) is 5.15 Å². The number of halogens is 1. The molecule has 0 spiro atoms. The number of nitrogens with zero attached hydrogens (tertiary/aromatic N) is 3. The van der Waals surface area contributed by atoms with E-state index in [2.05, 4.69) is 10.1 Å². The predicted octanol–water partition coefficient (Wildman–Crippen LogP) is 2.87. The number of hydrogen-bond acceptors (Lipinski definition) is 4. The summed E-state index contributed by atoms with van der Waals surface area (Å²) in [5, 5.41) is 4.93. The lowest BCUT2D eigenvalue weighted by Gasteiger charge is -2.19. The lowest BCUT2D eigenvalue weighted by Crippen LogP contribution is -2.27. The molecule has 0 amide bonds. The van der Waals surface area contributed by atoms with Crippen LogP contribution in [0.5, 0.6) is 0 Å². The minimum atomic E-state index is -0.579. The molecule has 2 rings (SSSR count). The van der Waals surface area contributed by atoms with Crippen LogP contribution in [0.25, 0.3) is 10.9 Å². The second-order valence-corrected chi connectivity index (χ2v) is 4.93. The van der Waals surface area contributed by atoms with Gasteiger partial charge in [0.15, 0.2) is 5.15 Å². The van der Waals surface area contributed by atoms with Gasteiger partial charge in [0.05, 0.1) is 6.20 Å². The molecule has 0 aromatic carbocycles. The highest BCUT2D eigenvalue weighted by Crippen LogP contribution is 2.21. The van der Waals surface area contributed by atoms with Crippen LogP contribution < -0.4 is 0 Å². The summed E-state index contributed by atoms with van der Waals surface area (Å²) in [7, 11) is 0. The fourth-order valence-electron chi connectivity index (χ4n) is 1.38. The summed E-state index contributed by atoms with van der Waals surface area (Å²) in [6.07, 6.45) is 2.54. The maximum atomic E-state index is 11.9. The van der Waals surface area contributed by atoms with E-state index in [1.54, 1.807) is 39.2 Å². The molecule has 2 aromatic heterocycles. The molecule has 0 unspecified atom stereocenters. The first kappa shape index (κ1) is 11.9. The van der Waals surface area contributed by atoms with Crippen molar-refractivity contribution in [2.24, 2.45) is 0 Å². The van der Waals surface area contributed by atoms with E-state index in [1.165, 1.54) is 0 Å². The summed E-state index contributed by atoms with van der Waals surface area (Å²) in [5.41, 5.74) is -0.118. The summed E-state index contributed by atoms with van der Waals surface area (Å²) < 4.78 is 6.34. The van der Waals surface area contributed by atoms with Gasteiger partial charge in [-0.3, -0.25) is 0 Å². The Labute approximate surface area is 103 Å². The fraction of sp³-hybridized carbons (Fsp3) is 0.364. The van der Waals surface area contributed by atoms with Crippen molar-refractivity contribution >= 4 is 28.6 Å². The summed E-state index contributed by atoms with van der Waals surface area (Å²) in [6.45, 7) is 5.36. The molecular weight excluding hydrogens is 242 g/mol. The van der Waals surface area contributed by atoms with E-state index < -0.39 is 11.7 Å². The molecule has 5 nitrogen and oxygen atoms in total. The maximum absolute atomic E-state index is 11.9. The van der Waals surface area contributed by atoms with E-state index in [9.17, 15) is 4.79 Å². The normalized spacial score (nSPS) is 11.8. The van der Waals surface area contributed by atoms with E-state index in [1.807, 2.05) is 0 Å². The Balaban J connectivity index is 2.46. The zero-order chi connectivity index (χ0) is 12.6. The Kier molecular flexibility index (Phi) is 2.79. The summed E-state index contributed by atoms with van der Waals surface area (Å²) >= 11 is 5.94. The minimum Gasteiger partial charge on any atom is -0.442 e. The Morgan fingerprint density at radius 3 is 2.82 bits per heavy atom. The summed E-state index contributed by atoms with van der Waals surface area (Å²) in [4.78, 5) is 15.8. The van der Waals surface area contributed by atoms with Crippen LogP contribution in [0.15, 0.2) is 18.5 Å². The van der Waals surface area contributed by atoms with Crippen LogP contribution in [0.3, 0.4) is 0 Å². The number of pyridine rings is 1. The highest BCUT2D eigenvalue weighted by molar-refractivity contribution is 6.34. The monoisotopic (exact) mass is 253 g/mol. The average Bonchev–Trinajstić information content (AvgIpc) is 2.60. The number of carbonyl (C=O) groups is 1. The van der Waals surface area contributed by atoms with Crippen molar-refractivity contribution in [3.8, 4) is 0 Å². The van der Waals surface area contributed by atoms with Gasteiger partial charge >= 0.3 is 6.09 Å². The number of rotatable bonds is 0. The van der Waals surface area contributed by atoms with Crippen LogP contribution in [0, 0.1) is 0 Å². The molecular formula is C11H12ClN3O2. The van der Waals surface area contributed by atoms with Gasteiger partial charge in [-0.25, -0.2) is 9.78 Å². The van der Waals surface area contributed by atoms with E-state index in [-0.39, 0.29) is 5.15 Å². The predicted molar refractivity (Wildman–Crippen MR) is 64.2 cm³/mol. The molecule has 0 saturated carbocycles. The maximum Gasteiger partial charge on any atom is 0.435 e. The molecule has 2 heterocycles. The van der Waals surface area contributed by atoms with Gasteiger partial charge in [-0.2, -0.15) is 9.78 Å². The van der Waals surface area contributed by atoms with E-state index in [0.29, 0.717) is 5.52 Å². The minimum absolute atomic E-state index is 0.228. The third-order valence-corrected chi connectivity index (χ3v) is 2.28. The molecule has 0 saturated heterocycles. The summed E-state index contributed by atoms with van der Waals surface area (Å²) in [6, 6.07) is 1.73. The second kappa shape index (κ2) is 4.00. The zero-order valence-corrected chi connectivity index (χ0v) is 10.5. The first-order valence-electron chi connectivity index (χ1n) is 5.10. The second-order valence-electron chi connectivity index (χ2n) is 4.58. The summed E-state index contributed by atoms with van der Waals surface area (Å²) in [5.74, 6) is 0. The van der Waals surface area contributed by atoms with Crippen LogP contribution in [0.1, 0.15) is 20.8 Å². The van der Waals surface area contributed by atoms with Crippen LogP contribution >= 0.6 is 11.6 Å². The quantitative estimate of drug-likeness (QED) is 0.678. The molecule has 0 atom stereocenters. The largest absolute Gasteiger partial charge is 0.442 e. The molecule has 0 aliphatic heterocycles. The van der Waals surface area contributed by atoms with E-state index >= 15 is 0 Å². The molecule has 0 aliphatic carbocycles. The number of hydrogen-bond donors (Lipinski definition) is 0. The van der Waals surface area contributed by atoms with Crippen LogP contribution in [-0.4, -0.2) is 26.5 Å². The average molecular weight is 254 g/mol. The van der Waals surface area contributed by atoms with Gasteiger partial charge in [-0.05, 0) is 26.8 Å². The Morgan fingerprint density at radius 1 is 1.47 bits per heavy atom. The Bertz CT molecular complexity index is 572. The van der Waals surface area contributed by atoms with Gasteiger partial charge in [0.1, 0.15) is 11.1 Å². The molecule has 0 radical (unpaired) electrons. The third kappa shape index (κ3) is 2.39. The first-order chi connectivity index (χ1) is 7.88.